The number of benzene rings is 1. The molecule has 1 heterocycles. The van der Waals surface area contributed by atoms with Crippen molar-refractivity contribution in [2.24, 2.45) is 0 Å². The van der Waals surface area contributed by atoms with Gasteiger partial charge in [-0.1, -0.05) is 0 Å². The highest BCUT2D eigenvalue weighted by atomic mass is 19.4. The summed E-state index contributed by atoms with van der Waals surface area (Å²) in [6, 6.07) is 3.89. The Balaban J connectivity index is 2.53. The second kappa shape index (κ2) is 6.35. The maximum absolute atomic E-state index is 13.1. The first kappa shape index (κ1) is 16.3. The average molecular weight is 316 g/mol. The lowest BCUT2D eigenvalue weighted by Crippen LogP contribution is -2.09. The van der Waals surface area contributed by atoms with E-state index < -0.39 is 17.8 Å². The number of aryl methyl sites for hydroxylation is 1. The van der Waals surface area contributed by atoms with Crippen molar-refractivity contribution in [2.45, 2.75) is 19.1 Å². The number of methoxy groups -OCH3 is 2. The van der Waals surface area contributed by atoms with Crippen LogP contribution in [0.1, 0.15) is 22.5 Å². The highest BCUT2D eigenvalue weighted by molar-refractivity contribution is 5.95. The third-order valence-electron chi connectivity index (χ3n) is 3.16. The third kappa shape index (κ3) is 3.22. The zero-order valence-corrected chi connectivity index (χ0v) is 12.1. The fourth-order valence-electron chi connectivity index (χ4n) is 2.16. The third-order valence-corrected chi connectivity index (χ3v) is 3.16. The lowest BCUT2D eigenvalue weighted by atomic mass is 10.1. The first-order valence-corrected chi connectivity index (χ1v) is 6.53. The van der Waals surface area contributed by atoms with Crippen LogP contribution in [0, 0.1) is 0 Å². The highest BCUT2D eigenvalue weighted by Gasteiger charge is 2.36. The summed E-state index contributed by atoms with van der Waals surface area (Å²) in [5, 5.41) is 3.60. The second-order valence-corrected chi connectivity index (χ2v) is 4.64. The quantitative estimate of drug-likeness (QED) is 0.629. The van der Waals surface area contributed by atoms with Gasteiger partial charge in [0, 0.05) is 25.6 Å². The Morgan fingerprint density at radius 1 is 1.32 bits per heavy atom. The van der Waals surface area contributed by atoms with Crippen molar-refractivity contribution < 1.29 is 27.4 Å². The van der Waals surface area contributed by atoms with Crippen LogP contribution in [0.2, 0.25) is 0 Å². The van der Waals surface area contributed by atoms with E-state index in [0.29, 0.717) is 13.0 Å². The zero-order valence-electron chi connectivity index (χ0n) is 12.1. The number of aromatic nitrogens is 2. The number of esters is 1. The minimum atomic E-state index is -4.56. The highest BCUT2D eigenvalue weighted by Crippen LogP contribution is 2.34. The Bertz CT molecular complexity index is 680. The Morgan fingerprint density at radius 3 is 2.64 bits per heavy atom. The Labute approximate surface area is 124 Å². The van der Waals surface area contributed by atoms with Crippen LogP contribution < -0.4 is 0 Å². The van der Waals surface area contributed by atoms with Crippen LogP contribution in [0.15, 0.2) is 18.2 Å². The Kier molecular flexibility index (Phi) is 4.70. The van der Waals surface area contributed by atoms with Crippen LogP contribution in [-0.2, 0) is 22.2 Å². The number of nitrogens with zero attached hydrogens (tertiary/aromatic N) is 2. The molecule has 0 aliphatic heterocycles. The van der Waals surface area contributed by atoms with Gasteiger partial charge in [-0.3, -0.25) is 4.68 Å². The molecule has 1 aromatic carbocycles. The van der Waals surface area contributed by atoms with Crippen LogP contribution >= 0.6 is 0 Å². The number of hydrogen-bond donors (Lipinski definition) is 0. The smallest absolute Gasteiger partial charge is 0.435 e. The number of hydrogen-bond acceptors (Lipinski definition) is 4. The normalized spacial score (nSPS) is 11.9. The molecule has 0 atom stereocenters. The summed E-state index contributed by atoms with van der Waals surface area (Å²) in [5.74, 6) is -0.611. The van der Waals surface area contributed by atoms with Gasteiger partial charge in [-0.05, 0) is 24.6 Å². The van der Waals surface area contributed by atoms with Crippen LogP contribution in [0.3, 0.4) is 0 Å². The van der Waals surface area contributed by atoms with E-state index in [0.717, 1.165) is 0 Å². The summed E-state index contributed by atoms with van der Waals surface area (Å²) >= 11 is 0. The molecule has 0 spiro atoms. The molecule has 0 radical (unpaired) electrons. The van der Waals surface area contributed by atoms with Crippen LogP contribution in [0.5, 0.6) is 0 Å². The summed E-state index contributed by atoms with van der Waals surface area (Å²) in [6.45, 7) is 0.657. The molecule has 0 N–H and O–H groups in total. The van der Waals surface area contributed by atoms with Gasteiger partial charge in [-0.25, -0.2) is 4.79 Å². The van der Waals surface area contributed by atoms with E-state index in [1.54, 1.807) is 0 Å². The zero-order chi connectivity index (χ0) is 16.3. The predicted molar refractivity (Wildman–Crippen MR) is 72.6 cm³/mol. The van der Waals surface area contributed by atoms with Crippen LogP contribution in [0.25, 0.3) is 10.9 Å². The molecule has 8 heteroatoms. The molecule has 0 unspecified atom stereocenters. The average Bonchev–Trinajstić information content (AvgIpc) is 2.85. The number of rotatable bonds is 5. The van der Waals surface area contributed by atoms with Gasteiger partial charge in [-0.2, -0.15) is 18.3 Å². The van der Waals surface area contributed by atoms with Gasteiger partial charge in [0.1, 0.15) is 0 Å². The van der Waals surface area contributed by atoms with Gasteiger partial charge in [0.2, 0.25) is 0 Å². The van der Waals surface area contributed by atoms with Gasteiger partial charge in [0.25, 0.3) is 0 Å². The van der Waals surface area contributed by atoms with Crippen LogP contribution in [-0.4, -0.2) is 36.6 Å². The predicted octanol–water partition coefficient (Wildman–Crippen LogP) is 2.88. The first-order chi connectivity index (χ1) is 10.4. The minimum absolute atomic E-state index is 0.0439. The van der Waals surface area contributed by atoms with Crippen molar-refractivity contribution in [1.82, 2.24) is 9.78 Å². The summed E-state index contributed by atoms with van der Waals surface area (Å²) in [4.78, 5) is 11.5. The fourth-order valence-corrected chi connectivity index (χ4v) is 2.16. The number of alkyl halides is 3. The first-order valence-electron chi connectivity index (χ1n) is 6.53. The maximum atomic E-state index is 13.1. The van der Waals surface area contributed by atoms with Crippen molar-refractivity contribution >= 4 is 16.9 Å². The molecular formula is C14H15F3N2O3. The molecule has 0 saturated carbocycles. The number of halogens is 3. The second-order valence-electron chi connectivity index (χ2n) is 4.64. The Morgan fingerprint density at radius 2 is 2.05 bits per heavy atom. The molecule has 22 heavy (non-hydrogen) atoms. The molecule has 0 amide bonds. The molecule has 0 aliphatic rings. The summed E-state index contributed by atoms with van der Waals surface area (Å²) in [6.07, 6.45) is -4.05. The van der Waals surface area contributed by atoms with E-state index in [-0.39, 0.29) is 23.0 Å². The molecule has 0 aliphatic carbocycles. The molecule has 0 saturated heterocycles. The SMILES string of the molecule is COCCCn1nc(C(F)(F)F)c2ccc(C(=O)OC)cc21. The lowest BCUT2D eigenvalue weighted by Gasteiger charge is -2.04. The van der Waals surface area contributed by atoms with Crippen LogP contribution in [0.4, 0.5) is 13.2 Å². The topological polar surface area (TPSA) is 53.4 Å². The molecule has 5 nitrogen and oxygen atoms in total. The van der Waals surface area contributed by atoms with Gasteiger partial charge in [-0.15, -0.1) is 0 Å². The molecule has 2 rings (SSSR count). The maximum Gasteiger partial charge on any atom is 0.435 e. The molecule has 0 fully saturated rings. The lowest BCUT2D eigenvalue weighted by molar-refractivity contribution is -0.140. The number of carbonyl (C=O) groups is 1. The molecule has 2 aromatic rings. The summed E-state index contributed by atoms with van der Waals surface area (Å²) in [5.41, 5.74) is -0.542. The van der Waals surface area contributed by atoms with Gasteiger partial charge >= 0.3 is 12.1 Å². The van der Waals surface area contributed by atoms with E-state index >= 15 is 0 Å². The van der Waals surface area contributed by atoms with Gasteiger partial charge in [0.05, 0.1) is 18.2 Å². The van der Waals surface area contributed by atoms with Crippen molar-refractivity contribution in [2.75, 3.05) is 20.8 Å². The van der Waals surface area contributed by atoms with Gasteiger partial charge in [0.15, 0.2) is 5.69 Å². The monoisotopic (exact) mass is 316 g/mol. The molecule has 1 aromatic heterocycles. The standard InChI is InChI=1S/C14H15F3N2O3/c1-21-7-3-6-19-11-8-9(13(20)22-2)4-5-10(11)12(18-19)14(15,16)17/h4-5,8H,3,6-7H2,1-2H3. The Hall–Kier alpha value is -2.09. The van der Waals surface area contributed by atoms with E-state index in [2.05, 4.69) is 9.84 Å². The van der Waals surface area contributed by atoms with Crippen molar-refractivity contribution in [1.29, 1.82) is 0 Å². The van der Waals surface area contributed by atoms with E-state index in [4.69, 9.17) is 4.74 Å². The molecule has 0 bridgehead atoms. The number of carbonyl (C=O) groups excluding carboxylic acids is 1. The number of ether oxygens (including phenoxy) is 2. The van der Waals surface area contributed by atoms with E-state index in [1.165, 1.54) is 37.1 Å². The minimum Gasteiger partial charge on any atom is -0.465 e. The molecule has 120 valence electrons. The fraction of sp³-hybridized carbons (Fsp3) is 0.429. The van der Waals surface area contributed by atoms with Gasteiger partial charge < -0.3 is 9.47 Å². The van der Waals surface area contributed by atoms with Crippen molar-refractivity contribution in [3.8, 4) is 0 Å². The van der Waals surface area contributed by atoms with E-state index in [9.17, 15) is 18.0 Å². The van der Waals surface area contributed by atoms with Crippen molar-refractivity contribution in [3.63, 3.8) is 0 Å². The van der Waals surface area contributed by atoms with E-state index in [1.807, 2.05) is 0 Å². The summed E-state index contributed by atoms with van der Waals surface area (Å²) in [7, 11) is 2.72. The largest absolute Gasteiger partial charge is 0.465 e. The van der Waals surface area contributed by atoms with Crippen molar-refractivity contribution in [3.05, 3.63) is 29.5 Å². The number of fused-ring (bicyclic) bond motifs is 1. The molecular weight excluding hydrogens is 301 g/mol. The summed E-state index contributed by atoms with van der Waals surface area (Å²) < 4.78 is 49.9.